The molecule has 2 unspecified atom stereocenters. The SMILES string of the molecule is CC(C)CC(CO)Nc1nc(CC(C)c2ccccc2F)nc(NS(C)(=O)=O)n1. The summed E-state index contributed by atoms with van der Waals surface area (Å²) in [4.78, 5) is 12.6. The second kappa shape index (κ2) is 9.93. The number of aliphatic hydroxyl groups excluding tert-OH is 1. The van der Waals surface area contributed by atoms with Crippen molar-refractivity contribution in [1.82, 2.24) is 15.0 Å². The minimum Gasteiger partial charge on any atom is -0.394 e. The number of halogens is 1. The molecule has 0 aliphatic heterocycles. The fourth-order valence-electron chi connectivity index (χ4n) is 2.98. The standard InChI is InChI=1S/C19H28FN5O3S/c1-12(2)9-14(11-26)21-18-22-17(23-19(24-18)25-29(4,27)28)10-13(3)15-7-5-6-8-16(15)20/h5-8,12-14,26H,9-11H2,1-4H3,(H2,21,22,23,24,25). The van der Waals surface area contributed by atoms with Gasteiger partial charge in [-0.2, -0.15) is 15.0 Å². The number of nitrogens with one attached hydrogen (secondary N) is 2. The van der Waals surface area contributed by atoms with Gasteiger partial charge in [-0.3, -0.25) is 4.72 Å². The molecular weight excluding hydrogens is 397 g/mol. The van der Waals surface area contributed by atoms with Crippen molar-refractivity contribution in [3.8, 4) is 0 Å². The lowest BCUT2D eigenvalue weighted by Gasteiger charge is -2.19. The van der Waals surface area contributed by atoms with Crippen molar-refractivity contribution in [3.63, 3.8) is 0 Å². The highest BCUT2D eigenvalue weighted by atomic mass is 32.2. The topological polar surface area (TPSA) is 117 Å². The molecule has 2 atom stereocenters. The molecule has 0 bridgehead atoms. The minimum atomic E-state index is -3.59. The molecule has 29 heavy (non-hydrogen) atoms. The molecule has 0 fully saturated rings. The molecule has 2 rings (SSSR count). The number of rotatable bonds is 10. The van der Waals surface area contributed by atoms with Crippen molar-refractivity contribution in [2.24, 2.45) is 5.92 Å². The van der Waals surface area contributed by atoms with E-state index in [0.29, 0.717) is 23.7 Å². The number of aliphatic hydroxyl groups is 1. The molecule has 0 saturated carbocycles. The smallest absolute Gasteiger partial charge is 0.241 e. The first-order valence-electron chi connectivity index (χ1n) is 9.42. The normalized spacial score (nSPS) is 13.9. The second-order valence-corrected chi connectivity index (χ2v) is 9.30. The van der Waals surface area contributed by atoms with E-state index < -0.39 is 10.0 Å². The molecule has 0 aliphatic rings. The summed E-state index contributed by atoms with van der Waals surface area (Å²) in [6.45, 7) is 5.76. The van der Waals surface area contributed by atoms with Crippen LogP contribution in [0, 0.1) is 11.7 Å². The van der Waals surface area contributed by atoms with Gasteiger partial charge in [-0.05, 0) is 29.9 Å². The molecule has 0 aliphatic carbocycles. The fourth-order valence-corrected chi connectivity index (χ4v) is 3.40. The van der Waals surface area contributed by atoms with Crippen molar-refractivity contribution < 1.29 is 17.9 Å². The average molecular weight is 426 g/mol. The molecule has 1 heterocycles. The van der Waals surface area contributed by atoms with Crippen molar-refractivity contribution in [2.75, 3.05) is 22.9 Å². The molecule has 0 radical (unpaired) electrons. The quantitative estimate of drug-likeness (QED) is 0.535. The molecule has 0 saturated heterocycles. The number of benzene rings is 1. The Morgan fingerprint density at radius 2 is 1.76 bits per heavy atom. The molecule has 1 aromatic heterocycles. The lowest BCUT2D eigenvalue weighted by molar-refractivity contribution is 0.259. The average Bonchev–Trinajstić information content (AvgIpc) is 2.59. The molecule has 0 amide bonds. The zero-order chi connectivity index (χ0) is 21.6. The van der Waals surface area contributed by atoms with Crippen LogP contribution in [0.2, 0.25) is 0 Å². The Labute approximate surface area is 171 Å². The third kappa shape index (κ3) is 7.54. The highest BCUT2D eigenvalue weighted by Crippen LogP contribution is 2.23. The molecule has 3 N–H and O–H groups in total. The van der Waals surface area contributed by atoms with Crippen LogP contribution >= 0.6 is 0 Å². The van der Waals surface area contributed by atoms with Crippen LogP contribution < -0.4 is 10.0 Å². The summed E-state index contributed by atoms with van der Waals surface area (Å²) in [5.74, 6) is 0.117. The predicted molar refractivity (Wildman–Crippen MR) is 111 cm³/mol. The van der Waals surface area contributed by atoms with Gasteiger partial charge in [-0.25, -0.2) is 12.8 Å². The van der Waals surface area contributed by atoms with Gasteiger partial charge in [0.25, 0.3) is 0 Å². The van der Waals surface area contributed by atoms with Gasteiger partial charge in [0.05, 0.1) is 18.9 Å². The van der Waals surface area contributed by atoms with Gasteiger partial charge in [0.1, 0.15) is 11.6 Å². The van der Waals surface area contributed by atoms with Crippen LogP contribution in [0.15, 0.2) is 24.3 Å². The number of hydrogen-bond donors (Lipinski definition) is 3. The summed E-state index contributed by atoms with van der Waals surface area (Å²) in [6, 6.07) is 6.17. The maximum atomic E-state index is 14.1. The highest BCUT2D eigenvalue weighted by molar-refractivity contribution is 7.91. The summed E-state index contributed by atoms with van der Waals surface area (Å²) in [6.07, 6.45) is 1.96. The summed E-state index contributed by atoms with van der Waals surface area (Å²) in [7, 11) is -3.59. The number of sulfonamides is 1. The zero-order valence-electron chi connectivity index (χ0n) is 17.1. The van der Waals surface area contributed by atoms with Gasteiger partial charge in [0.2, 0.25) is 21.9 Å². The van der Waals surface area contributed by atoms with Crippen LogP contribution in [0.5, 0.6) is 0 Å². The number of nitrogens with zero attached hydrogens (tertiary/aromatic N) is 3. The van der Waals surface area contributed by atoms with Gasteiger partial charge in [0.15, 0.2) is 0 Å². The fraction of sp³-hybridized carbons (Fsp3) is 0.526. The molecule has 160 valence electrons. The van der Waals surface area contributed by atoms with Crippen LogP contribution in [0.3, 0.4) is 0 Å². The molecule has 1 aromatic carbocycles. The van der Waals surface area contributed by atoms with E-state index in [1.807, 2.05) is 20.8 Å². The minimum absolute atomic E-state index is 0.123. The first-order valence-corrected chi connectivity index (χ1v) is 11.3. The van der Waals surface area contributed by atoms with E-state index >= 15 is 0 Å². The van der Waals surface area contributed by atoms with Gasteiger partial charge < -0.3 is 10.4 Å². The molecule has 8 nitrogen and oxygen atoms in total. The maximum Gasteiger partial charge on any atom is 0.241 e. The summed E-state index contributed by atoms with van der Waals surface area (Å²) >= 11 is 0. The molecule has 10 heteroatoms. The maximum absolute atomic E-state index is 14.1. The Bertz CT molecular complexity index is 924. The second-order valence-electron chi connectivity index (χ2n) is 7.55. The van der Waals surface area contributed by atoms with Crippen molar-refractivity contribution in [1.29, 1.82) is 0 Å². The van der Waals surface area contributed by atoms with E-state index in [2.05, 4.69) is 25.0 Å². The summed E-state index contributed by atoms with van der Waals surface area (Å²) < 4.78 is 39.6. The lowest BCUT2D eigenvalue weighted by atomic mass is 9.97. The Balaban J connectivity index is 2.32. The van der Waals surface area contributed by atoms with E-state index in [1.54, 1.807) is 18.2 Å². The van der Waals surface area contributed by atoms with Crippen LogP contribution in [0.1, 0.15) is 44.5 Å². The van der Waals surface area contributed by atoms with Crippen LogP contribution in [0.25, 0.3) is 0 Å². The van der Waals surface area contributed by atoms with E-state index in [0.717, 1.165) is 6.26 Å². The van der Waals surface area contributed by atoms with E-state index in [1.165, 1.54) is 6.07 Å². The largest absolute Gasteiger partial charge is 0.394 e. The van der Waals surface area contributed by atoms with Crippen molar-refractivity contribution in [3.05, 3.63) is 41.5 Å². The molecule has 0 spiro atoms. The van der Waals surface area contributed by atoms with Crippen LogP contribution in [-0.2, 0) is 16.4 Å². The van der Waals surface area contributed by atoms with E-state index in [4.69, 9.17) is 0 Å². The van der Waals surface area contributed by atoms with Crippen LogP contribution in [-0.4, -0.2) is 47.4 Å². The predicted octanol–water partition coefficient (Wildman–Crippen LogP) is 2.55. The van der Waals surface area contributed by atoms with E-state index in [9.17, 15) is 17.9 Å². The first kappa shape index (κ1) is 23.0. The van der Waals surface area contributed by atoms with Crippen molar-refractivity contribution in [2.45, 2.75) is 45.6 Å². The van der Waals surface area contributed by atoms with Gasteiger partial charge in [-0.1, -0.05) is 39.0 Å². The third-order valence-corrected chi connectivity index (χ3v) is 4.75. The van der Waals surface area contributed by atoms with Crippen molar-refractivity contribution >= 4 is 21.9 Å². The number of aromatic nitrogens is 3. The highest BCUT2D eigenvalue weighted by Gasteiger charge is 2.18. The number of hydrogen-bond acceptors (Lipinski definition) is 7. The van der Waals surface area contributed by atoms with Gasteiger partial charge >= 0.3 is 0 Å². The van der Waals surface area contributed by atoms with Gasteiger partial charge in [0, 0.05) is 6.42 Å². The Hall–Kier alpha value is -2.33. The Morgan fingerprint density at radius 3 is 2.34 bits per heavy atom. The molecular formula is C19H28FN5O3S. The first-order chi connectivity index (χ1) is 13.6. The summed E-state index contributed by atoms with van der Waals surface area (Å²) in [5.41, 5.74) is 0.521. The monoisotopic (exact) mass is 425 g/mol. The van der Waals surface area contributed by atoms with Crippen LogP contribution in [0.4, 0.5) is 16.3 Å². The number of anilines is 2. The lowest BCUT2D eigenvalue weighted by Crippen LogP contribution is -2.27. The Morgan fingerprint density at radius 1 is 1.10 bits per heavy atom. The third-order valence-electron chi connectivity index (χ3n) is 4.19. The van der Waals surface area contributed by atoms with E-state index in [-0.39, 0.29) is 42.7 Å². The van der Waals surface area contributed by atoms with Gasteiger partial charge in [-0.15, -0.1) is 0 Å². The Kier molecular flexibility index (Phi) is 7.86. The zero-order valence-corrected chi connectivity index (χ0v) is 17.9. The summed E-state index contributed by atoms with van der Waals surface area (Å²) in [5, 5.41) is 12.6. The molecule has 2 aromatic rings.